The van der Waals surface area contributed by atoms with Gasteiger partial charge in [0, 0.05) is 24.5 Å². The molecule has 1 aromatic heterocycles. The highest BCUT2D eigenvalue weighted by molar-refractivity contribution is 5.63. The monoisotopic (exact) mass is 328 g/mol. The van der Waals surface area contributed by atoms with Crippen molar-refractivity contribution in [3.8, 4) is 28.7 Å². The fourth-order valence-corrected chi connectivity index (χ4v) is 2.47. The minimum atomic E-state index is 0.303. The van der Waals surface area contributed by atoms with E-state index in [0.717, 1.165) is 29.7 Å². The molecule has 3 heteroatoms. The molecule has 3 aromatic rings. The van der Waals surface area contributed by atoms with Crippen molar-refractivity contribution in [2.75, 3.05) is 13.1 Å². The first-order chi connectivity index (χ1) is 12.3. The first-order valence-electron chi connectivity index (χ1n) is 8.29. The molecule has 1 heterocycles. The molecule has 0 spiro atoms. The van der Waals surface area contributed by atoms with Crippen molar-refractivity contribution in [1.82, 2.24) is 10.3 Å². The molecule has 2 N–H and O–H groups in total. The number of phenolic OH excluding ortho intramolecular Hbond substituents is 1. The lowest BCUT2D eigenvalue weighted by Gasteiger charge is -2.02. The summed E-state index contributed by atoms with van der Waals surface area (Å²) in [7, 11) is 0. The first-order valence-corrected chi connectivity index (χ1v) is 8.29. The lowest BCUT2D eigenvalue weighted by molar-refractivity contribution is 0.475. The Morgan fingerprint density at radius 2 is 1.72 bits per heavy atom. The van der Waals surface area contributed by atoms with Crippen molar-refractivity contribution < 1.29 is 5.11 Å². The third-order valence-electron chi connectivity index (χ3n) is 3.85. The average Bonchev–Trinajstić information content (AvgIpc) is 2.67. The fraction of sp³-hybridized carbons (Fsp3) is 0.136. The largest absolute Gasteiger partial charge is 0.508 e. The Morgan fingerprint density at radius 3 is 2.44 bits per heavy atom. The Kier molecular flexibility index (Phi) is 5.82. The van der Waals surface area contributed by atoms with E-state index in [2.05, 4.69) is 34.3 Å². The van der Waals surface area contributed by atoms with Crippen LogP contribution in [0.1, 0.15) is 11.1 Å². The van der Waals surface area contributed by atoms with Crippen molar-refractivity contribution >= 4 is 0 Å². The van der Waals surface area contributed by atoms with E-state index in [1.165, 1.54) is 5.56 Å². The average molecular weight is 328 g/mol. The molecule has 124 valence electrons. The normalized spacial score (nSPS) is 10.1. The molecule has 0 aliphatic heterocycles. The highest BCUT2D eigenvalue weighted by Gasteiger charge is 1.96. The molecule has 3 rings (SSSR count). The second kappa shape index (κ2) is 8.68. The number of pyridine rings is 1. The Morgan fingerprint density at radius 1 is 0.920 bits per heavy atom. The summed E-state index contributed by atoms with van der Waals surface area (Å²) >= 11 is 0. The maximum absolute atomic E-state index is 9.25. The third kappa shape index (κ3) is 5.20. The van der Waals surface area contributed by atoms with Gasteiger partial charge in [-0.2, -0.15) is 0 Å². The number of aromatic hydroxyl groups is 1. The van der Waals surface area contributed by atoms with Crippen molar-refractivity contribution in [3.05, 3.63) is 84.2 Å². The van der Waals surface area contributed by atoms with Crippen LogP contribution in [0.3, 0.4) is 0 Å². The zero-order chi connectivity index (χ0) is 17.3. The number of benzene rings is 2. The van der Waals surface area contributed by atoms with Crippen molar-refractivity contribution in [1.29, 1.82) is 0 Å². The molecule has 0 saturated carbocycles. The molecule has 0 atom stereocenters. The van der Waals surface area contributed by atoms with Crippen LogP contribution in [0.4, 0.5) is 0 Å². The van der Waals surface area contributed by atoms with Gasteiger partial charge in [0.2, 0.25) is 0 Å². The van der Waals surface area contributed by atoms with Crippen LogP contribution in [0.25, 0.3) is 11.1 Å². The van der Waals surface area contributed by atoms with Gasteiger partial charge in [0.15, 0.2) is 0 Å². The molecular weight excluding hydrogens is 308 g/mol. The van der Waals surface area contributed by atoms with Crippen LogP contribution < -0.4 is 5.32 Å². The standard InChI is InChI=1S/C22H20N2O/c25-22-11-7-19(8-12-22)13-16-23-14-1-3-18-5-9-20(10-6-18)21-4-2-15-24-17-21/h2,4-12,15,17,23,25H,13-14,16H2. The Bertz CT molecular complexity index is 845. The number of phenols is 1. The van der Waals surface area contributed by atoms with Crippen LogP contribution in [-0.2, 0) is 6.42 Å². The maximum atomic E-state index is 9.25. The molecule has 2 aromatic carbocycles. The summed E-state index contributed by atoms with van der Waals surface area (Å²) in [5, 5.41) is 12.6. The van der Waals surface area contributed by atoms with Crippen molar-refractivity contribution in [2.45, 2.75) is 6.42 Å². The predicted molar refractivity (Wildman–Crippen MR) is 101 cm³/mol. The molecule has 0 fully saturated rings. The summed E-state index contributed by atoms with van der Waals surface area (Å²) < 4.78 is 0. The fourth-order valence-electron chi connectivity index (χ4n) is 2.47. The van der Waals surface area contributed by atoms with Crippen LogP contribution in [0.2, 0.25) is 0 Å². The number of hydrogen-bond donors (Lipinski definition) is 2. The first kappa shape index (κ1) is 16.8. The van der Waals surface area contributed by atoms with Gasteiger partial charge in [0.1, 0.15) is 5.75 Å². The van der Waals surface area contributed by atoms with Crippen molar-refractivity contribution in [3.63, 3.8) is 0 Å². The summed E-state index contributed by atoms with van der Waals surface area (Å²) in [4.78, 5) is 4.14. The van der Waals surface area contributed by atoms with E-state index in [4.69, 9.17) is 0 Å². The lowest BCUT2D eigenvalue weighted by Crippen LogP contribution is -2.17. The highest BCUT2D eigenvalue weighted by Crippen LogP contribution is 2.17. The molecule has 25 heavy (non-hydrogen) atoms. The SMILES string of the molecule is Oc1ccc(CCNCC#Cc2ccc(-c3cccnc3)cc2)cc1. The van der Waals surface area contributed by atoms with Gasteiger partial charge in [0.25, 0.3) is 0 Å². The quantitative estimate of drug-likeness (QED) is 0.555. The summed E-state index contributed by atoms with van der Waals surface area (Å²) in [6.45, 7) is 1.52. The Labute approximate surface area is 148 Å². The molecule has 3 nitrogen and oxygen atoms in total. The molecule has 0 unspecified atom stereocenters. The predicted octanol–water partition coefficient (Wildman–Crippen LogP) is 3.64. The number of nitrogens with one attached hydrogen (secondary N) is 1. The number of aromatic nitrogens is 1. The smallest absolute Gasteiger partial charge is 0.115 e. The van der Waals surface area contributed by atoms with Gasteiger partial charge in [0.05, 0.1) is 6.54 Å². The highest BCUT2D eigenvalue weighted by atomic mass is 16.3. The zero-order valence-corrected chi connectivity index (χ0v) is 13.9. The molecule has 0 radical (unpaired) electrons. The van der Waals surface area contributed by atoms with Gasteiger partial charge in [-0.15, -0.1) is 0 Å². The van der Waals surface area contributed by atoms with Gasteiger partial charge in [-0.3, -0.25) is 4.98 Å². The maximum Gasteiger partial charge on any atom is 0.115 e. The zero-order valence-electron chi connectivity index (χ0n) is 13.9. The van der Waals surface area contributed by atoms with E-state index >= 15 is 0 Å². The van der Waals surface area contributed by atoms with E-state index in [1.807, 2.05) is 42.6 Å². The number of hydrogen-bond acceptors (Lipinski definition) is 3. The molecule has 0 aliphatic carbocycles. The molecular formula is C22H20N2O. The third-order valence-corrected chi connectivity index (χ3v) is 3.85. The molecule has 0 bridgehead atoms. The summed E-state index contributed by atoms with van der Waals surface area (Å²) in [6.07, 6.45) is 4.55. The van der Waals surface area contributed by atoms with Crippen LogP contribution in [-0.4, -0.2) is 23.2 Å². The molecule has 0 saturated heterocycles. The second-order valence-electron chi connectivity index (χ2n) is 5.71. The van der Waals surface area contributed by atoms with Gasteiger partial charge >= 0.3 is 0 Å². The van der Waals surface area contributed by atoms with Gasteiger partial charge < -0.3 is 10.4 Å². The minimum Gasteiger partial charge on any atom is -0.508 e. The van der Waals surface area contributed by atoms with E-state index < -0.39 is 0 Å². The summed E-state index contributed by atoms with van der Waals surface area (Å²) in [5.74, 6) is 6.61. The number of rotatable bonds is 5. The van der Waals surface area contributed by atoms with Crippen LogP contribution in [0.5, 0.6) is 5.75 Å². The van der Waals surface area contributed by atoms with Crippen LogP contribution >= 0.6 is 0 Å². The van der Waals surface area contributed by atoms with Crippen LogP contribution in [0, 0.1) is 11.8 Å². The minimum absolute atomic E-state index is 0.303. The second-order valence-corrected chi connectivity index (χ2v) is 5.71. The van der Waals surface area contributed by atoms with E-state index in [9.17, 15) is 5.11 Å². The Balaban J connectivity index is 1.45. The van der Waals surface area contributed by atoms with Crippen LogP contribution in [0.15, 0.2) is 73.1 Å². The van der Waals surface area contributed by atoms with E-state index in [1.54, 1.807) is 18.3 Å². The van der Waals surface area contributed by atoms with E-state index in [-0.39, 0.29) is 0 Å². The Hall–Kier alpha value is -3.09. The summed E-state index contributed by atoms with van der Waals surface area (Å²) in [5.41, 5.74) is 4.46. The van der Waals surface area contributed by atoms with E-state index in [0.29, 0.717) is 12.3 Å². The van der Waals surface area contributed by atoms with Gasteiger partial charge in [-0.25, -0.2) is 0 Å². The molecule has 0 amide bonds. The summed E-state index contributed by atoms with van der Waals surface area (Å²) in [6, 6.07) is 19.5. The van der Waals surface area contributed by atoms with Gasteiger partial charge in [-0.1, -0.05) is 42.2 Å². The molecule has 0 aliphatic rings. The topological polar surface area (TPSA) is 45.1 Å². The van der Waals surface area contributed by atoms with Crippen molar-refractivity contribution in [2.24, 2.45) is 0 Å². The lowest BCUT2D eigenvalue weighted by atomic mass is 10.1. The number of nitrogens with zero attached hydrogens (tertiary/aromatic N) is 1. The van der Waals surface area contributed by atoms with Gasteiger partial charge in [-0.05, 0) is 53.4 Å².